The molecular weight excluding hydrogens is 346 g/mol. The molecule has 1 atom stereocenters. The Morgan fingerprint density at radius 1 is 0.929 bits per heavy atom. The molecule has 3 aliphatic rings. The summed E-state index contributed by atoms with van der Waals surface area (Å²) in [7, 11) is 0. The number of carbonyl (C=O) groups is 1. The number of rotatable bonds is 3. The first-order chi connectivity index (χ1) is 13.5. The highest BCUT2D eigenvalue weighted by atomic mass is 16.2. The van der Waals surface area contributed by atoms with Gasteiger partial charge in [0.25, 0.3) is 0 Å². The van der Waals surface area contributed by atoms with E-state index in [1.807, 2.05) is 4.90 Å². The molecule has 4 nitrogen and oxygen atoms in total. The van der Waals surface area contributed by atoms with Crippen LogP contribution in [0.2, 0.25) is 0 Å². The van der Waals surface area contributed by atoms with Gasteiger partial charge in [0.1, 0.15) is 5.84 Å². The maximum absolute atomic E-state index is 13.6. The zero-order valence-electron chi connectivity index (χ0n) is 17.8. The number of piperidine rings is 1. The number of carbonyl (C=O) groups excluding carboxylic acids is 1. The van der Waals surface area contributed by atoms with Crippen molar-refractivity contribution >= 4 is 17.4 Å². The van der Waals surface area contributed by atoms with E-state index in [2.05, 4.69) is 49.9 Å². The van der Waals surface area contributed by atoms with Gasteiger partial charge in [0.15, 0.2) is 0 Å². The van der Waals surface area contributed by atoms with Crippen LogP contribution >= 0.6 is 0 Å². The molecule has 1 saturated carbocycles. The van der Waals surface area contributed by atoms with Crippen LogP contribution in [0.3, 0.4) is 0 Å². The highest BCUT2D eigenvalue weighted by Gasteiger charge is 2.55. The maximum atomic E-state index is 13.6. The van der Waals surface area contributed by atoms with E-state index >= 15 is 0 Å². The van der Waals surface area contributed by atoms with E-state index in [0.717, 1.165) is 37.5 Å². The summed E-state index contributed by atoms with van der Waals surface area (Å²) < 4.78 is 0. The summed E-state index contributed by atoms with van der Waals surface area (Å²) in [5.41, 5.74) is 1.74. The molecule has 0 spiro atoms. The normalized spacial score (nSPS) is 28.2. The van der Waals surface area contributed by atoms with Gasteiger partial charge in [0.2, 0.25) is 5.91 Å². The van der Waals surface area contributed by atoms with Gasteiger partial charge in [-0.05, 0) is 71.7 Å². The van der Waals surface area contributed by atoms with Crippen LogP contribution in [0.1, 0.15) is 70.8 Å². The largest absolute Gasteiger partial charge is 0.293 e. The number of amides is 1. The molecule has 1 unspecified atom stereocenters. The number of amidine groups is 1. The summed E-state index contributed by atoms with van der Waals surface area (Å²) in [5.74, 6) is 1.20. The molecule has 4 rings (SSSR count). The van der Waals surface area contributed by atoms with Gasteiger partial charge in [-0.2, -0.15) is 0 Å². The predicted molar refractivity (Wildman–Crippen MR) is 116 cm³/mol. The lowest BCUT2D eigenvalue weighted by Crippen LogP contribution is -2.50. The van der Waals surface area contributed by atoms with E-state index in [-0.39, 0.29) is 11.9 Å². The number of benzene rings is 1. The molecule has 0 aromatic heterocycles. The number of hydrogen-bond donors (Lipinski definition) is 0. The summed E-state index contributed by atoms with van der Waals surface area (Å²) in [5, 5.41) is 0. The van der Waals surface area contributed by atoms with Crippen LogP contribution in [-0.4, -0.2) is 41.8 Å². The second-order valence-electron chi connectivity index (χ2n) is 9.48. The Balaban J connectivity index is 1.77. The van der Waals surface area contributed by atoms with Gasteiger partial charge < -0.3 is 0 Å². The fourth-order valence-corrected chi connectivity index (χ4v) is 5.22. The van der Waals surface area contributed by atoms with Gasteiger partial charge in [-0.15, -0.1) is 0 Å². The lowest BCUT2D eigenvalue weighted by Gasteiger charge is -2.38. The monoisotopic (exact) mass is 381 g/mol. The number of hydrogen-bond acceptors (Lipinski definition) is 3. The van der Waals surface area contributed by atoms with Crippen molar-refractivity contribution in [2.75, 3.05) is 18.0 Å². The van der Waals surface area contributed by atoms with Crippen molar-refractivity contribution in [2.24, 2.45) is 10.4 Å². The second kappa shape index (κ2) is 7.98. The summed E-state index contributed by atoms with van der Waals surface area (Å²) >= 11 is 0. The zero-order chi connectivity index (χ0) is 19.7. The lowest BCUT2D eigenvalue weighted by atomic mass is 9.84. The summed E-state index contributed by atoms with van der Waals surface area (Å²) in [6, 6.07) is 8.81. The molecule has 1 aromatic carbocycles. The minimum absolute atomic E-state index is 0.0866. The molecule has 4 heteroatoms. The molecule has 2 aliphatic heterocycles. The SMILES string of the molecule is Cc1ccc(N2C(=O)C(C)(C)C(N3CCCCC3)C2=NC2CCCCC2)cc1. The molecule has 2 heterocycles. The molecule has 3 fully saturated rings. The Bertz CT molecular complexity index is 725. The lowest BCUT2D eigenvalue weighted by molar-refractivity contribution is -0.125. The van der Waals surface area contributed by atoms with Crippen molar-refractivity contribution in [1.29, 1.82) is 0 Å². The third-order valence-corrected chi connectivity index (χ3v) is 6.85. The summed E-state index contributed by atoms with van der Waals surface area (Å²) in [6.07, 6.45) is 9.91. The Kier molecular flexibility index (Phi) is 5.59. The summed E-state index contributed by atoms with van der Waals surface area (Å²) in [4.78, 5) is 23.4. The van der Waals surface area contributed by atoms with Crippen LogP contribution < -0.4 is 4.90 Å². The first kappa shape index (κ1) is 19.6. The predicted octanol–water partition coefficient (Wildman–Crippen LogP) is 4.95. The average molecular weight is 382 g/mol. The highest BCUT2D eigenvalue weighted by Crippen LogP contribution is 2.41. The molecule has 1 amide bonds. The Hall–Kier alpha value is -1.68. The maximum Gasteiger partial charge on any atom is 0.240 e. The fourth-order valence-electron chi connectivity index (χ4n) is 5.22. The van der Waals surface area contributed by atoms with E-state index in [1.54, 1.807) is 0 Å². The van der Waals surface area contributed by atoms with E-state index in [0.29, 0.717) is 6.04 Å². The molecule has 1 aromatic rings. The van der Waals surface area contributed by atoms with Crippen LogP contribution in [0.4, 0.5) is 5.69 Å². The van der Waals surface area contributed by atoms with E-state index in [4.69, 9.17) is 4.99 Å². The fraction of sp³-hybridized carbons (Fsp3) is 0.667. The van der Waals surface area contributed by atoms with Crippen LogP contribution in [-0.2, 0) is 4.79 Å². The van der Waals surface area contributed by atoms with Gasteiger partial charge in [-0.1, -0.05) is 43.4 Å². The molecule has 1 aliphatic carbocycles. The van der Waals surface area contributed by atoms with Crippen molar-refractivity contribution < 1.29 is 4.79 Å². The van der Waals surface area contributed by atoms with Gasteiger partial charge in [-0.25, -0.2) is 0 Å². The third kappa shape index (κ3) is 3.63. The first-order valence-electron chi connectivity index (χ1n) is 11.2. The third-order valence-electron chi connectivity index (χ3n) is 6.85. The Morgan fingerprint density at radius 2 is 1.54 bits per heavy atom. The van der Waals surface area contributed by atoms with Crippen LogP contribution in [0.25, 0.3) is 0 Å². The average Bonchev–Trinajstić information content (AvgIpc) is 2.90. The van der Waals surface area contributed by atoms with E-state index in [1.165, 1.54) is 44.1 Å². The summed E-state index contributed by atoms with van der Waals surface area (Å²) in [6.45, 7) is 8.49. The van der Waals surface area contributed by atoms with Crippen molar-refractivity contribution in [3.8, 4) is 0 Å². The van der Waals surface area contributed by atoms with Gasteiger partial charge in [-0.3, -0.25) is 19.6 Å². The van der Waals surface area contributed by atoms with Crippen LogP contribution in [0.15, 0.2) is 29.3 Å². The van der Waals surface area contributed by atoms with Crippen molar-refractivity contribution in [2.45, 2.75) is 84.2 Å². The minimum Gasteiger partial charge on any atom is -0.293 e. The van der Waals surface area contributed by atoms with Crippen LogP contribution in [0, 0.1) is 12.3 Å². The number of aryl methyl sites for hydroxylation is 1. The smallest absolute Gasteiger partial charge is 0.240 e. The number of nitrogens with zero attached hydrogens (tertiary/aromatic N) is 3. The number of likely N-dealkylation sites (tertiary alicyclic amines) is 1. The minimum atomic E-state index is -0.449. The standard InChI is InChI=1S/C24H35N3O/c1-18-12-14-20(15-13-18)27-22(25-19-10-6-4-7-11-19)21(24(2,3)23(27)28)26-16-8-5-9-17-26/h12-15,19,21H,4-11,16-17H2,1-3H3. The molecule has 152 valence electrons. The molecule has 0 N–H and O–H groups in total. The van der Waals surface area contributed by atoms with E-state index in [9.17, 15) is 4.79 Å². The molecule has 0 bridgehead atoms. The topological polar surface area (TPSA) is 35.9 Å². The van der Waals surface area contributed by atoms with Crippen molar-refractivity contribution in [1.82, 2.24) is 4.90 Å². The first-order valence-corrected chi connectivity index (χ1v) is 11.2. The zero-order valence-corrected chi connectivity index (χ0v) is 17.8. The second-order valence-corrected chi connectivity index (χ2v) is 9.48. The van der Waals surface area contributed by atoms with Gasteiger partial charge in [0.05, 0.1) is 23.2 Å². The van der Waals surface area contributed by atoms with Crippen LogP contribution in [0.5, 0.6) is 0 Å². The van der Waals surface area contributed by atoms with Crippen molar-refractivity contribution in [3.63, 3.8) is 0 Å². The molecule has 2 saturated heterocycles. The highest BCUT2D eigenvalue weighted by molar-refractivity contribution is 6.27. The molecule has 0 radical (unpaired) electrons. The molecular formula is C24H35N3O. The van der Waals surface area contributed by atoms with Gasteiger partial charge >= 0.3 is 0 Å². The van der Waals surface area contributed by atoms with E-state index < -0.39 is 5.41 Å². The Morgan fingerprint density at radius 3 is 2.18 bits per heavy atom. The van der Waals surface area contributed by atoms with Crippen molar-refractivity contribution in [3.05, 3.63) is 29.8 Å². The molecule has 28 heavy (non-hydrogen) atoms. The quantitative estimate of drug-likeness (QED) is 0.742. The van der Waals surface area contributed by atoms with Gasteiger partial charge in [0, 0.05) is 0 Å². The Labute approximate surface area is 170 Å². The number of anilines is 1. The number of aliphatic imine (C=N–C) groups is 1.